The Balaban J connectivity index is 1.28. The van der Waals surface area contributed by atoms with E-state index in [4.69, 9.17) is 33.3 Å². The first kappa shape index (κ1) is 56.4. The average Bonchev–Trinajstić information content (AvgIpc) is 3.82. The summed E-state index contributed by atoms with van der Waals surface area (Å²) < 4.78 is 144. The van der Waals surface area contributed by atoms with E-state index in [0.29, 0.717) is 45.4 Å². The maximum atomic E-state index is 12.3. The molecule has 0 spiro atoms. The highest BCUT2D eigenvalue weighted by Crippen LogP contribution is 2.51. The van der Waals surface area contributed by atoms with Crippen molar-refractivity contribution in [3.05, 3.63) is 71.5 Å². The molecule has 2 atom stereocenters. The van der Waals surface area contributed by atoms with Gasteiger partial charge in [0.05, 0.1) is 84.6 Å². The van der Waals surface area contributed by atoms with E-state index in [9.17, 15) is 53.3 Å². The predicted molar refractivity (Wildman–Crippen MR) is 245 cm³/mol. The molecule has 2 amide bonds. The van der Waals surface area contributed by atoms with Gasteiger partial charge in [-0.15, -0.1) is 5.06 Å². The molecule has 0 saturated carbocycles. The Morgan fingerprint density at radius 1 is 0.714 bits per heavy atom. The number of anilines is 1. The first-order chi connectivity index (χ1) is 33.0. The first-order valence-electron chi connectivity index (χ1n) is 22.4. The zero-order valence-electron chi connectivity index (χ0n) is 39.5. The summed E-state index contributed by atoms with van der Waals surface area (Å²) in [6, 6.07) is 8.17. The van der Waals surface area contributed by atoms with Gasteiger partial charge in [-0.05, 0) is 75.1 Å². The molecule has 3 aliphatic heterocycles. The van der Waals surface area contributed by atoms with Crippen LogP contribution in [0.3, 0.4) is 0 Å². The van der Waals surface area contributed by atoms with Crippen LogP contribution in [0.1, 0.15) is 63.5 Å². The molecule has 2 aromatic carbocycles. The van der Waals surface area contributed by atoms with Gasteiger partial charge in [-0.2, -0.15) is 4.58 Å². The minimum atomic E-state index is -4.89. The van der Waals surface area contributed by atoms with E-state index in [0.717, 1.165) is 0 Å². The average molecular weight is 1040 g/mol. The number of imide groups is 1. The number of fused-ring (bicyclic) bond motifs is 2. The van der Waals surface area contributed by atoms with Crippen LogP contribution in [0, 0.1) is 0 Å². The van der Waals surface area contributed by atoms with Crippen molar-refractivity contribution in [3.63, 3.8) is 0 Å². The molecule has 1 fully saturated rings. The van der Waals surface area contributed by atoms with E-state index in [1.807, 2.05) is 22.5 Å². The van der Waals surface area contributed by atoms with Crippen LogP contribution >= 0.6 is 0 Å². The Morgan fingerprint density at radius 2 is 1.27 bits per heavy atom. The second-order valence-electron chi connectivity index (χ2n) is 16.9. The normalized spacial score (nSPS) is 20.1. The van der Waals surface area contributed by atoms with Crippen LogP contribution in [0.25, 0.3) is 0 Å². The topological polar surface area (TPSA) is 297 Å². The molecule has 0 N–H and O–H groups in total. The number of hydrogen-bond acceptors (Lipinski definition) is 20. The van der Waals surface area contributed by atoms with E-state index < -0.39 is 74.5 Å². The molecule has 3 aliphatic rings. The van der Waals surface area contributed by atoms with Crippen molar-refractivity contribution < 1.29 is 91.1 Å². The number of carbonyl (C=O) groups is 3. The lowest BCUT2D eigenvalue weighted by molar-refractivity contribution is -0.441. The standard InChI is InChI=1S/C45H61N3O19S3/c1-44(16-6-30-68(52,53)54)35-31-33(69(55,56)57)9-11-37(35)46(18-22-62-4)39(44)7-5-8-40-45(2,17-21-61-3)36-32-34(70(58,59)60)10-12-38(36)47(40)19-23-64-25-27-66-29-28-65-26-24-63-20-15-43(51)67-48-41(49)13-14-42(48)50/h5,7-12,31-32H,6,13-30H2,1-4H3,(H2-,52,53,54,55,56,57,58,59,60)/p-2. The molecule has 388 valence electrons. The predicted octanol–water partition coefficient (Wildman–Crippen LogP) is 2.14. The molecule has 5 rings (SSSR count). The van der Waals surface area contributed by atoms with E-state index in [-0.39, 0.29) is 111 Å². The number of hydroxylamine groups is 2. The fraction of sp³-hybridized carbons (Fsp3) is 0.556. The number of amides is 2. The highest BCUT2D eigenvalue weighted by atomic mass is 32.2. The Bertz CT molecular complexity index is 2640. The fourth-order valence-electron chi connectivity index (χ4n) is 8.58. The molecule has 22 nitrogen and oxygen atoms in total. The van der Waals surface area contributed by atoms with Crippen LogP contribution in [0.2, 0.25) is 0 Å². The molecule has 2 aromatic rings. The monoisotopic (exact) mass is 1040 g/mol. The smallest absolute Gasteiger partial charge is 0.335 e. The molecule has 1 saturated heterocycles. The van der Waals surface area contributed by atoms with Gasteiger partial charge in [-0.1, -0.05) is 6.08 Å². The summed E-state index contributed by atoms with van der Waals surface area (Å²) in [6.45, 7) is 6.20. The number of methoxy groups -OCH3 is 2. The lowest BCUT2D eigenvalue weighted by Crippen LogP contribution is -2.33. The van der Waals surface area contributed by atoms with E-state index >= 15 is 0 Å². The van der Waals surface area contributed by atoms with Crippen LogP contribution in [0.4, 0.5) is 11.4 Å². The third kappa shape index (κ3) is 14.6. The van der Waals surface area contributed by atoms with E-state index in [1.165, 1.54) is 44.6 Å². The summed E-state index contributed by atoms with van der Waals surface area (Å²) in [5, 5.41) is 0.479. The van der Waals surface area contributed by atoms with Gasteiger partial charge in [0.15, 0.2) is 12.3 Å². The second-order valence-corrected chi connectivity index (χ2v) is 21.2. The molecule has 2 unspecified atom stereocenters. The number of nitrogens with zero attached hydrogens (tertiary/aromatic N) is 3. The number of ether oxygens (including phenoxy) is 6. The summed E-state index contributed by atoms with van der Waals surface area (Å²) in [7, 11) is -11.3. The molecule has 3 heterocycles. The van der Waals surface area contributed by atoms with Crippen molar-refractivity contribution in [2.24, 2.45) is 0 Å². The molecule has 0 bridgehead atoms. The van der Waals surface area contributed by atoms with Crippen molar-refractivity contribution in [1.29, 1.82) is 0 Å². The highest BCUT2D eigenvalue weighted by molar-refractivity contribution is 7.86. The van der Waals surface area contributed by atoms with Gasteiger partial charge in [0.2, 0.25) is 5.69 Å². The molecule has 0 aromatic heterocycles. The Labute approximate surface area is 408 Å². The summed E-state index contributed by atoms with van der Waals surface area (Å²) in [5.74, 6) is -2.57. The Hall–Kier alpha value is -4.51. The molecule has 70 heavy (non-hydrogen) atoms. The maximum absolute atomic E-state index is 12.3. The van der Waals surface area contributed by atoms with E-state index in [2.05, 4.69) is 0 Å². The van der Waals surface area contributed by atoms with Crippen molar-refractivity contribution in [3.8, 4) is 0 Å². The SMILES string of the molecule is COCC[N+]1=C(/C=C/C=C2/N(CCOCCOCCOCCOCCC(=O)ON3C(=O)CCC3=O)c3ccc(S(=O)(=O)[O-])cc3C2(C)CCOC)C(C)(CCCS(=O)(=O)[O-])c2cc(S(=O)(=O)[O-])ccc21. The van der Waals surface area contributed by atoms with Gasteiger partial charge in [0.1, 0.15) is 26.8 Å². The van der Waals surface area contributed by atoms with Gasteiger partial charge in [-0.3, -0.25) is 9.59 Å². The lowest BCUT2D eigenvalue weighted by Gasteiger charge is -2.30. The number of allylic oxidation sites excluding steroid dienone is 4. The summed E-state index contributed by atoms with van der Waals surface area (Å²) >= 11 is 0. The van der Waals surface area contributed by atoms with Gasteiger partial charge >= 0.3 is 5.97 Å². The lowest BCUT2D eigenvalue weighted by atomic mass is 9.75. The molecule has 25 heteroatoms. The first-order valence-corrected chi connectivity index (χ1v) is 26.8. The number of rotatable bonds is 30. The summed E-state index contributed by atoms with van der Waals surface area (Å²) in [4.78, 5) is 40.9. The van der Waals surface area contributed by atoms with Crippen molar-refractivity contribution in [1.82, 2.24) is 5.06 Å². The van der Waals surface area contributed by atoms with Gasteiger partial charge < -0.3 is 51.8 Å². The largest absolute Gasteiger partial charge is 0.748 e. The maximum Gasteiger partial charge on any atom is 0.335 e. The van der Waals surface area contributed by atoms with Crippen LogP contribution in [0.15, 0.2) is 70.1 Å². The Kier molecular flexibility index (Phi) is 19.9. The third-order valence-electron chi connectivity index (χ3n) is 12.1. The van der Waals surface area contributed by atoms with Crippen molar-refractivity contribution >= 4 is 65.2 Å². The van der Waals surface area contributed by atoms with Crippen molar-refractivity contribution in [2.45, 2.75) is 73.0 Å². The van der Waals surface area contributed by atoms with E-state index in [1.54, 1.807) is 25.1 Å². The van der Waals surface area contributed by atoms with Crippen LogP contribution in [0.5, 0.6) is 0 Å². The fourth-order valence-corrected chi connectivity index (χ4v) is 10.1. The minimum absolute atomic E-state index is 0.00397. The number of hydrogen-bond donors (Lipinski definition) is 0. The number of benzene rings is 2. The zero-order chi connectivity index (χ0) is 51.3. The summed E-state index contributed by atoms with van der Waals surface area (Å²) in [5.41, 5.74) is 1.44. The highest BCUT2D eigenvalue weighted by Gasteiger charge is 2.48. The quantitative estimate of drug-likeness (QED) is 0.0468. The zero-order valence-corrected chi connectivity index (χ0v) is 41.9. The van der Waals surface area contributed by atoms with Gasteiger partial charge in [-0.25, -0.2) is 30.0 Å². The summed E-state index contributed by atoms with van der Waals surface area (Å²) in [6.07, 6.45) is 5.57. The molecular weight excluding hydrogens is 983 g/mol. The molecule has 0 aliphatic carbocycles. The number of carbonyl (C=O) groups excluding carboxylic acids is 3. The van der Waals surface area contributed by atoms with Crippen molar-refractivity contribution in [2.75, 3.05) is 104 Å². The minimum Gasteiger partial charge on any atom is -0.748 e. The van der Waals surface area contributed by atoms with Gasteiger partial charge in [0.25, 0.3) is 11.8 Å². The molecular formula is C45H59N3O19S3-2. The third-order valence-corrected chi connectivity index (χ3v) is 14.6. The van der Waals surface area contributed by atoms with Crippen LogP contribution in [-0.4, -0.2) is 171 Å². The van der Waals surface area contributed by atoms with Gasteiger partial charge in [0, 0.05) is 80.5 Å². The van der Waals surface area contributed by atoms with Crippen LogP contribution in [-0.2, 0) is 88.8 Å². The Morgan fingerprint density at radius 3 is 1.84 bits per heavy atom. The van der Waals surface area contributed by atoms with Crippen LogP contribution < -0.4 is 4.90 Å². The second kappa shape index (κ2) is 24.7. The molecule has 0 radical (unpaired) electrons.